The Balaban J connectivity index is 1.11. The fourth-order valence-electron chi connectivity index (χ4n) is 5.85. The first-order chi connectivity index (χ1) is 17.4. The Labute approximate surface area is 210 Å². The predicted octanol–water partition coefficient (Wildman–Crippen LogP) is 4.01. The summed E-state index contributed by atoms with van der Waals surface area (Å²) in [6.07, 6.45) is 6.51. The molecular weight excluding hydrogens is 450 g/mol. The maximum atomic E-state index is 13.4. The lowest BCUT2D eigenvalue weighted by atomic mass is 10.0. The number of aliphatic imine (C=N–C) groups is 1. The van der Waals surface area contributed by atoms with Crippen LogP contribution in [-0.2, 0) is 16.6 Å². The van der Waals surface area contributed by atoms with Crippen molar-refractivity contribution in [2.24, 2.45) is 23.4 Å². The number of hydrogen-bond acceptors (Lipinski definition) is 4. The number of amidine groups is 1. The number of aromatic nitrogens is 2. The Bertz CT molecular complexity index is 1430. The molecule has 7 nitrogen and oxygen atoms in total. The SMILES string of the molecule is Cn1ncc2cc(-c3ccc(C4=NC5(CC5)C(=O)N4CC4CCN(C(=O)C5(C)CC5)C4)cc3)ccc21. The number of carbonyl (C=O) groups excluding carboxylic acids is 2. The van der Waals surface area contributed by atoms with Gasteiger partial charge in [0.05, 0.1) is 11.7 Å². The van der Waals surface area contributed by atoms with Crippen molar-refractivity contribution in [2.45, 2.75) is 44.6 Å². The first-order valence-corrected chi connectivity index (χ1v) is 13.1. The van der Waals surface area contributed by atoms with Crippen LogP contribution in [-0.4, -0.2) is 62.4 Å². The zero-order valence-electron chi connectivity index (χ0n) is 20.9. The molecule has 2 aliphatic carbocycles. The summed E-state index contributed by atoms with van der Waals surface area (Å²) in [5.74, 6) is 1.53. The molecule has 1 saturated heterocycles. The van der Waals surface area contributed by atoms with Crippen LogP contribution in [0.15, 0.2) is 53.7 Å². The third kappa shape index (κ3) is 3.39. The van der Waals surface area contributed by atoms with Gasteiger partial charge in [0.25, 0.3) is 5.91 Å². The molecule has 7 rings (SSSR count). The van der Waals surface area contributed by atoms with Gasteiger partial charge in [0, 0.05) is 43.0 Å². The lowest BCUT2D eigenvalue weighted by Gasteiger charge is -2.24. The van der Waals surface area contributed by atoms with E-state index in [9.17, 15) is 9.59 Å². The topological polar surface area (TPSA) is 70.8 Å². The number of nitrogens with zero attached hydrogens (tertiary/aromatic N) is 5. The Morgan fingerprint density at radius 3 is 2.47 bits per heavy atom. The van der Waals surface area contributed by atoms with E-state index in [0.717, 1.165) is 78.6 Å². The maximum absolute atomic E-state index is 13.4. The number of hydrogen-bond donors (Lipinski definition) is 0. The second-order valence-electron chi connectivity index (χ2n) is 11.5. The molecule has 2 aliphatic heterocycles. The molecule has 36 heavy (non-hydrogen) atoms. The number of rotatable bonds is 5. The summed E-state index contributed by atoms with van der Waals surface area (Å²) in [7, 11) is 1.95. The molecule has 3 fully saturated rings. The van der Waals surface area contributed by atoms with Gasteiger partial charge in [-0.25, -0.2) is 0 Å². The van der Waals surface area contributed by atoms with Gasteiger partial charge < -0.3 is 4.90 Å². The van der Waals surface area contributed by atoms with Crippen molar-refractivity contribution in [3.63, 3.8) is 0 Å². The van der Waals surface area contributed by atoms with Crippen LogP contribution in [0.3, 0.4) is 0 Å². The number of benzene rings is 2. The maximum Gasteiger partial charge on any atom is 0.256 e. The van der Waals surface area contributed by atoms with Crippen LogP contribution < -0.4 is 0 Å². The van der Waals surface area contributed by atoms with E-state index in [2.05, 4.69) is 54.5 Å². The molecule has 3 aromatic rings. The Hall–Kier alpha value is -3.48. The molecule has 4 aliphatic rings. The lowest BCUT2D eigenvalue weighted by Crippen LogP contribution is -2.41. The van der Waals surface area contributed by atoms with Gasteiger partial charge in [0.15, 0.2) is 0 Å². The third-order valence-electron chi connectivity index (χ3n) is 8.70. The van der Waals surface area contributed by atoms with Gasteiger partial charge in [-0.3, -0.25) is 24.2 Å². The fraction of sp³-hybridized carbons (Fsp3) is 0.448. The lowest BCUT2D eigenvalue weighted by molar-refractivity contribution is -0.135. The summed E-state index contributed by atoms with van der Waals surface area (Å²) < 4.78 is 1.88. The van der Waals surface area contributed by atoms with Crippen LogP contribution in [0.4, 0.5) is 0 Å². The summed E-state index contributed by atoms with van der Waals surface area (Å²) in [5, 5.41) is 5.46. The molecular formula is C29H31N5O2. The van der Waals surface area contributed by atoms with Gasteiger partial charge >= 0.3 is 0 Å². The standard InChI is InChI=1S/C29H31N5O2/c1-28(10-11-28)26(35)33-14-9-19(17-33)18-34-25(31-29(12-13-29)27(34)36)21-5-3-20(4-6-21)22-7-8-24-23(15-22)16-30-32(24)2/h3-8,15-16,19H,9-14,17-18H2,1-2H3. The Morgan fingerprint density at radius 2 is 1.75 bits per heavy atom. The van der Waals surface area contributed by atoms with Gasteiger partial charge in [0.2, 0.25) is 5.91 Å². The molecule has 184 valence electrons. The highest BCUT2D eigenvalue weighted by Crippen LogP contribution is 2.48. The van der Waals surface area contributed by atoms with E-state index in [1.165, 1.54) is 0 Å². The first-order valence-electron chi connectivity index (χ1n) is 13.1. The van der Waals surface area contributed by atoms with Crippen molar-refractivity contribution in [1.82, 2.24) is 19.6 Å². The van der Waals surface area contributed by atoms with Gasteiger partial charge in [-0.15, -0.1) is 0 Å². The van der Waals surface area contributed by atoms with Crippen LogP contribution in [0.2, 0.25) is 0 Å². The average Bonchev–Trinajstić information content (AvgIpc) is 3.72. The number of aryl methyl sites for hydroxylation is 1. The van der Waals surface area contributed by atoms with Crippen molar-refractivity contribution in [2.75, 3.05) is 19.6 Å². The van der Waals surface area contributed by atoms with E-state index in [4.69, 9.17) is 4.99 Å². The first kappa shape index (κ1) is 21.8. The van der Waals surface area contributed by atoms with Gasteiger partial charge in [-0.2, -0.15) is 5.10 Å². The van der Waals surface area contributed by atoms with Crippen molar-refractivity contribution in [3.8, 4) is 11.1 Å². The summed E-state index contributed by atoms with van der Waals surface area (Å²) in [5.41, 5.74) is 3.69. The van der Waals surface area contributed by atoms with Crippen LogP contribution >= 0.6 is 0 Å². The summed E-state index contributed by atoms with van der Waals surface area (Å²) in [4.78, 5) is 35.1. The second kappa shape index (κ2) is 7.51. The third-order valence-corrected chi connectivity index (χ3v) is 8.70. The quantitative estimate of drug-likeness (QED) is 0.553. The predicted molar refractivity (Wildman–Crippen MR) is 138 cm³/mol. The molecule has 1 aromatic heterocycles. The van der Waals surface area contributed by atoms with Crippen LogP contribution in [0.1, 0.15) is 44.6 Å². The second-order valence-corrected chi connectivity index (χ2v) is 11.5. The van der Waals surface area contributed by atoms with Gasteiger partial charge in [-0.05, 0) is 61.3 Å². The van der Waals surface area contributed by atoms with E-state index in [0.29, 0.717) is 18.4 Å². The average molecular weight is 482 g/mol. The molecule has 2 aromatic carbocycles. The van der Waals surface area contributed by atoms with E-state index < -0.39 is 5.54 Å². The number of amides is 2. The fourth-order valence-corrected chi connectivity index (χ4v) is 5.85. The normalized spacial score (nSPS) is 23.6. The summed E-state index contributed by atoms with van der Waals surface area (Å²) in [6, 6.07) is 14.8. The minimum absolute atomic E-state index is 0.133. The minimum atomic E-state index is -0.533. The molecule has 1 unspecified atom stereocenters. The monoisotopic (exact) mass is 481 g/mol. The largest absolute Gasteiger partial charge is 0.342 e. The van der Waals surface area contributed by atoms with Crippen molar-refractivity contribution >= 4 is 28.6 Å². The highest BCUT2D eigenvalue weighted by Gasteiger charge is 2.57. The van der Waals surface area contributed by atoms with Crippen LogP contribution in [0.25, 0.3) is 22.0 Å². The van der Waals surface area contributed by atoms with Crippen molar-refractivity contribution in [3.05, 3.63) is 54.2 Å². The highest BCUT2D eigenvalue weighted by molar-refractivity contribution is 6.16. The molecule has 0 bridgehead atoms. The van der Waals surface area contributed by atoms with E-state index in [1.54, 1.807) is 0 Å². The molecule has 0 radical (unpaired) electrons. The van der Waals surface area contributed by atoms with Crippen LogP contribution in [0, 0.1) is 11.3 Å². The smallest absolute Gasteiger partial charge is 0.256 e. The highest BCUT2D eigenvalue weighted by atomic mass is 16.2. The van der Waals surface area contributed by atoms with E-state index in [-0.39, 0.29) is 11.3 Å². The summed E-state index contributed by atoms with van der Waals surface area (Å²) >= 11 is 0. The number of carbonyl (C=O) groups is 2. The molecule has 2 saturated carbocycles. The van der Waals surface area contributed by atoms with Gasteiger partial charge in [-0.1, -0.05) is 37.3 Å². The van der Waals surface area contributed by atoms with Gasteiger partial charge in [0.1, 0.15) is 11.4 Å². The van der Waals surface area contributed by atoms with Crippen LogP contribution in [0.5, 0.6) is 0 Å². The Morgan fingerprint density at radius 1 is 1.03 bits per heavy atom. The van der Waals surface area contributed by atoms with E-state index >= 15 is 0 Å². The molecule has 7 heteroatoms. The minimum Gasteiger partial charge on any atom is -0.342 e. The molecule has 0 N–H and O–H groups in total. The number of likely N-dealkylation sites (tertiary alicyclic amines) is 1. The molecule has 1 atom stereocenters. The zero-order valence-corrected chi connectivity index (χ0v) is 20.9. The van der Waals surface area contributed by atoms with Crippen molar-refractivity contribution in [1.29, 1.82) is 0 Å². The Kier molecular flexibility index (Phi) is 4.54. The molecule has 1 spiro atoms. The molecule has 2 amide bonds. The number of fused-ring (bicyclic) bond motifs is 1. The van der Waals surface area contributed by atoms with Crippen molar-refractivity contribution < 1.29 is 9.59 Å². The zero-order chi connectivity index (χ0) is 24.7. The van der Waals surface area contributed by atoms with E-state index in [1.807, 2.05) is 27.7 Å². The molecule has 3 heterocycles. The summed E-state index contributed by atoms with van der Waals surface area (Å²) in [6.45, 7) is 4.26.